The van der Waals surface area contributed by atoms with E-state index in [4.69, 9.17) is 23.2 Å². The fourth-order valence-corrected chi connectivity index (χ4v) is 1.77. The molecule has 0 atom stereocenters. The van der Waals surface area contributed by atoms with Crippen LogP contribution in [0.3, 0.4) is 0 Å². The summed E-state index contributed by atoms with van der Waals surface area (Å²) in [6, 6.07) is 10.2. The quantitative estimate of drug-likeness (QED) is 0.696. The highest BCUT2D eigenvalue weighted by Crippen LogP contribution is 2.22. The van der Waals surface area contributed by atoms with E-state index in [1.807, 2.05) is 0 Å². The number of pyridine rings is 1. The van der Waals surface area contributed by atoms with Gasteiger partial charge in [0.1, 0.15) is 5.69 Å². The van der Waals surface area contributed by atoms with Gasteiger partial charge < -0.3 is 0 Å². The van der Waals surface area contributed by atoms with Gasteiger partial charge in [-0.2, -0.15) is 5.10 Å². The van der Waals surface area contributed by atoms with Crippen LogP contribution in [-0.4, -0.2) is 16.6 Å². The van der Waals surface area contributed by atoms with Crippen LogP contribution < -0.4 is 5.43 Å². The molecule has 1 N–H and O–H groups in total. The summed E-state index contributed by atoms with van der Waals surface area (Å²) < 4.78 is 0. The first kappa shape index (κ1) is 14.5. The summed E-state index contributed by atoms with van der Waals surface area (Å²) in [6.45, 7) is 1.76. The molecule has 1 heterocycles. The van der Waals surface area contributed by atoms with Crippen molar-refractivity contribution in [1.29, 1.82) is 0 Å². The Bertz CT molecular complexity index is 657. The minimum absolute atomic E-state index is 0.304. The van der Waals surface area contributed by atoms with Crippen molar-refractivity contribution in [1.82, 2.24) is 10.4 Å². The maximum atomic E-state index is 11.8. The smallest absolute Gasteiger partial charge is 0.266 e. The Kier molecular flexibility index (Phi) is 4.71. The molecule has 1 amide bonds. The Hall–Kier alpha value is -1.91. The van der Waals surface area contributed by atoms with E-state index in [1.54, 1.807) is 49.5 Å². The zero-order chi connectivity index (χ0) is 14.5. The molecule has 2 aromatic rings. The van der Waals surface area contributed by atoms with Crippen molar-refractivity contribution in [2.75, 3.05) is 0 Å². The molecule has 6 heteroatoms. The number of carbonyl (C=O) groups excluding carboxylic acids is 1. The fourth-order valence-electron chi connectivity index (χ4n) is 1.47. The molecule has 0 bridgehead atoms. The summed E-state index contributed by atoms with van der Waals surface area (Å²) in [5, 5.41) is 4.93. The zero-order valence-corrected chi connectivity index (χ0v) is 12.1. The Morgan fingerprint density at radius 2 is 2.00 bits per heavy atom. The number of aromatic nitrogens is 1. The van der Waals surface area contributed by atoms with Crippen LogP contribution in [0, 0.1) is 0 Å². The first-order valence-electron chi connectivity index (χ1n) is 5.79. The summed E-state index contributed by atoms with van der Waals surface area (Å²) in [4.78, 5) is 15.7. The van der Waals surface area contributed by atoms with Gasteiger partial charge in [0, 0.05) is 6.20 Å². The molecule has 4 nitrogen and oxygen atoms in total. The molecule has 102 valence electrons. The van der Waals surface area contributed by atoms with Crippen molar-refractivity contribution in [3.8, 4) is 0 Å². The minimum Gasteiger partial charge on any atom is -0.266 e. The number of hydrazone groups is 1. The lowest BCUT2D eigenvalue weighted by atomic mass is 10.1. The molecule has 0 radical (unpaired) electrons. The van der Waals surface area contributed by atoms with E-state index in [1.165, 1.54) is 0 Å². The number of nitrogens with one attached hydrogen (secondary N) is 1. The van der Waals surface area contributed by atoms with E-state index in [0.29, 0.717) is 21.5 Å². The summed E-state index contributed by atoms with van der Waals surface area (Å²) in [5.41, 5.74) is 4.14. The second-order valence-corrected chi connectivity index (χ2v) is 4.80. The van der Waals surface area contributed by atoms with Gasteiger partial charge >= 0.3 is 0 Å². The molecule has 1 aromatic heterocycles. The van der Waals surface area contributed by atoms with E-state index in [-0.39, 0.29) is 5.91 Å². The van der Waals surface area contributed by atoms with E-state index in [9.17, 15) is 4.79 Å². The molecule has 0 aliphatic rings. The van der Waals surface area contributed by atoms with Crippen LogP contribution in [0.25, 0.3) is 0 Å². The Morgan fingerprint density at radius 1 is 1.20 bits per heavy atom. The molecule has 1 aromatic carbocycles. The summed E-state index contributed by atoms with van der Waals surface area (Å²) in [5.74, 6) is -0.370. The highest BCUT2D eigenvalue weighted by atomic mass is 35.5. The van der Waals surface area contributed by atoms with Crippen molar-refractivity contribution in [3.05, 3.63) is 63.9 Å². The average molecular weight is 308 g/mol. The molecule has 0 fully saturated rings. The van der Waals surface area contributed by atoms with E-state index >= 15 is 0 Å². The summed E-state index contributed by atoms with van der Waals surface area (Å²) >= 11 is 11.8. The Balaban J connectivity index is 2.11. The molecule has 0 aliphatic heterocycles. The predicted octanol–water partition coefficient (Wildman–Crippen LogP) is 3.54. The molecule has 0 unspecified atom stereocenters. The third-order valence-corrected chi connectivity index (χ3v) is 3.30. The fraction of sp³-hybridized carbons (Fsp3) is 0.0714. The van der Waals surface area contributed by atoms with Gasteiger partial charge in [-0.25, -0.2) is 5.43 Å². The standard InChI is InChI=1S/C14H11Cl2N3O/c1-9(10-5-6-11(15)12(16)8-10)18-19-14(20)13-4-2-3-7-17-13/h2-8H,1H3,(H,19,20). The van der Waals surface area contributed by atoms with Gasteiger partial charge in [0.05, 0.1) is 15.8 Å². The third-order valence-electron chi connectivity index (χ3n) is 2.56. The van der Waals surface area contributed by atoms with E-state index in [2.05, 4.69) is 15.5 Å². The van der Waals surface area contributed by atoms with E-state index in [0.717, 1.165) is 5.56 Å². The number of rotatable bonds is 3. The molecule has 0 saturated heterocycles. The highest BCUT2D eigenvalue weighted by Gasteiger charge is 2.06. The summed E-state index contributed by atoms with van der Waals surface area (Å²) in [6.07, 6.45) is 1.55. The SMILES string of the molecule is CC(=NNC(=O)c1ccccn1)c1ccc(Cl)c(Cl)c1. The number of carbonyl (C=O) groups is 1. The molecule has 0 saturated carbocycles. The average Bonchev–Trinajstić information content (AvgIpc) is 2.48. The van der Waals surface area contributed by atoms with Gasteiger partial charge in [0.25, 0.3) is 5.91 Å². The van der Waals surface area contributed by atoms with Gasteiger partial charge in [0.15, 0.2) is 0 Å². The lowest BCUT2D eigenvalue weighted by molar-refractivity contribution is 0.0950. The Labute approximate surface area is 126 Å². The zero-order valence-electron chi connectivity index (χ0n) is 10.6. The minimum atomic E-state index is -0.370. The summed E-state index contributed by atoms with van der Waals surface area (Å²) in [7, 11) is 0. The maximum absolute atomic E-state index is 11.8. The number of amides is 1. The highest BCUT2D eigenvalue weighted by molar-refractivity contribution is 6.42. The number of hydrogen-bond donors (Lipinski definition) is 1. The largest absolute Gasteiger partial charge is 0.289 e. The molecule has 0 spiro atoms. The van der Waals surface area contributed by atoms with Crippen LogP contribution in [0.1, 0.15) is 23.0 Å². The monoisotopic (exact) mass is 307 g/mol. The first-order valence-corrected chi connectivity index (χ1v) is 6.54. The van der Waals surface area contributed by atoms with E-state index < -0.39 is 0 Å². The van der Waals surface area contributed by atoms with Crippen LogP contribution in [0.4, 0.5) is 0 Å². The lowest BCUT2D eigenvalue weighted by Gasteiger charge is -2.04. The van der Waals surface area contributed by atoms with Crippen molar-refractivity contribution >= 4 is 34.8 Å². The normalized spacial score (nSPS) is 11.2. The number of benzene rings is 1. The topological polar surface area (TPSA) is 54.4 Å². The second kappa shape index (κ2) is 6.50. The van der Waals surface area contributed by atoms with Gasteiger partial charge in [0.2, 0.25) is 0 Å². The van der Waals surface area contributed by atoms with Gasteiger partial charge in [-0.05, 0) is 36.8 Å². The van der Waals surface area contributed by atoms with Crippen LogP contribution >= 0.6 is 23.2 Å². The van der Waals surface area contributed by atoms with Crippen LogP contribution in [0.15, 0.2) is 47.7 Å². The molecule has 2 rings (SSSR count). The molecule has 20 heavy (non-hydrogen) atoms. The van der Waals surface area contributed by atoms with Crippen molar-refractivity contribution in [2.45, 2.75) is 6.92 Å². The van der Waals surface area contributed by atoms with Gasteiger partial charge in [-0.1, -0.05) is 35.3 Å². The van der Waals surface area contributed by atoms with Gasteiger partial charge in [-0.3, -0.25) is 9.78 Å². The van der Waals surface area contributed by atoms with Crippen LogP contribution in [0.2, 0.25) is 10.0 Å². The Morgan fingerprint density at radius 3 is 2.65 bits per heavy atom. The second-order valence-electron chi connectivity index (χ2n) is 3.98. The number of halogens is 2. The van der Waals surface area contributed by atoms with Crippen LogP contribution in [0.5, 0.6) is 0 Å². The first-order chi connectivity index (χ1) is 9.58. The number of hydrogen-bond acceptors (Lipinski definition) is 3. The maximum Gasteiger partial charge on any atom is 0.289 e. The third kappa shape index (κ3) is 3.56. The lowest BCUT2D eigenvalue weighted by Crippen LogP contribution is -2.20. The van der Waals surface area contributed by atoms with Crippen LogP contribution in [-0.2, 0) is 0 Å². The van der Waals surface area contributed by atoms with Crippen molar-refractivity contribution in [2.24, 2.45) is 5.10 Å². The molecular weight excluding hydrogens is 297 g/mol. The molecular formula is C14H11Cl2N3O. The number of nitrogens with zero attached hydrogens (tertiary/aromatic N) is 2. The van der Waals surface area contributed by atoms with Crippen molar-refractivity contribution in [3.63, 3.8) is 0 Å². The molecule has 0 aliphatic carbocycles. The van der Waals surface area contributed by atoms with Gasteiger partial charge in [-0.15, -0.1) is 0 Å². The predicted molar refractivity (Wildman–Crippen MR) is 80.4 cm³/mol. The van der Waals surface area contributed by atoms with Crippen molar-refractivity contribution < 1.29 is 4.79 Å².